The summed E-state index contributed by atoms with van der Waals surface area (Å²) in [6.07, 6.45) is -0.244. The minimum absolute atomic E-state index is 0.190. The van der Waals surface area contributed by atoms with Crippen LogP contribution in [-0.4, -0.2) is 29.1 Å². The van der Waals surface area contributed by atoms with Crippen LogP contribution < -0.4 is 10.1 Å². The SMILES string of the molecule is CCC(C)[C@H](NC(=O)C(C)Oc1ccc(F)cc1)C(=O)O. The van der Waals surface area contributed by atoms with Crippen LogP contribution >= 0.6 is 0 Å². The van der Waals surface area contributed by atoms with E-state index in [-0.39, 0.29) is 5.92 Å². The minimum Gasteiger partial charge on any atom is -0.481 e. The summed E-state index contributed by atoms with van der Waals surface area (Å²) < 4.78 is 18.1. The smallest absolute Gasteiger partial charge is 0.326 e. The highest BCUT2D eigenvalue weighted by Gasteiger charge is 2.27. The average Bonchev–Trinajstić information content (AvgIpc) is 2.45. The van der Waals surface area contributed by atoms with Gasteiger partial charge in [-0.15, -0.1) is 0 Å². The van der Waals surface area contributed by atoms with Gasteiger partial charge in [0.25, 0.3) is 5.91 Å². The standard InChI is InChI=1S/C15H20FNO4/c1-4-9(2)13(15(19)20)17-14(18)10(3)21-12-7-5-11(16)6-8-12/h5-10,13H,4H2,1-3H3,(H,17,18)(H,19,20)/t9?,10?,13-/m0/s1. The van der Waals surface area contributed by atoms with Crippen LogP contribution in [0.4, 0.5) is 4.39 Å². The van der Waals surface area contributed by atoms with Crippen molar-refractivity contribution in [3.05, 3.63) is 30.1 Å². The summed E-state index contributed by atoms with van der Waals surface area (Å²) >= 11 is 0. The van der Waals surface area contributed by atoms with E-state index in [2.05, 4.69) is 5.32 Å². The number of carboxylic acid groups (broad SMARTS) is 1. The van der Waals surface area contributed by atoms with Crippen molar-refractivity contribution in [3.63, 3.8) is 0 Å². The maximum atomic E-state index is 12.8. The van der Waals surface area contributed by atoms with Crippen molar-refractivity contribution in [1.29, 1.82) is 0 Å². The van der Waals surface area contributed by atoms with E-state index in [0.717, 1.165) is 0 Å². The largest absolute Gasteiger partial charge is 0.481 e. The second kappa shape index (κ2) is 7.61. The molecule has 1 rings (SSSR count). The molecule has 0 fully saturated rings. The van der Waals surface area contributed by atoms with Crippen LogP contribution in [0.25, 0.3) is 0 Å². The summed E-state index contributed by atoms with van der Waals surface area (Å²) in [6, 6.07) is 4.30. The number of rotatable bonds is 7. The lowest BCUT2D eigenvalue weighted by molar-refractivity contribution is -0.144. The first-order chi connectivity index (χ1) is 9.85. The highest BCUT2D eigenvalue weighted by atomic mass is 19.1. The first-order valence-corrected chi connectivity index (χ1v) is 6.80. The topological polar surface area (TPSA) is 75.6 Å². The van der Waals surface area contributed by atoms with E-state index in [1.807, 2.05) is 6.92 Å². The van der Waals surface area contributed by atoms with Crippen molar-refractivity contribution in [3.8, 4) is 5.75 Å². The zero-order valence-electron chi connectivity index (χ0n) is 12.3. The number of hydrogen-bond acceptors (Lipinski definition) is 3. The molecule has 0 aromatic heterocycles. The van der Waals surface area contributed by atoms with Crippen molar-refractivity contribution in [1.82, 2.24) is 5.32 Å². The lowest BCUT2D eigenvalue weighted by atomic mass is 9.99. The molecule has 0 heterocycles. The number of carboxylic acids is 1. The fourth-order valence-electron chi connectivity index (χ4n) is 1.72. The summed E-state index contributed by atoms with van der Waals surface area (Å²) in [4.78, 5) is 23.1. The Kier molecular flexibility index (Phi) is 6.14. The predicted molar refractivity (Wildman–Crippen MR) is 75.5 cm³/mol. The number of carbonyl (C=O) groups is 2. The summed E-state index contributed by atoms with van der Waals surface area (Å²) in [6.45, 7) is 5.12. The first kappa shape index (κ1) is 16.9. The van der Waals surface area contributed by atoms with Gasteiger partial charge in [0.1, 0.15) is 17.6 Å². The van der Waals surface area contributed by atoms with Crippen molar-refractivity contribution in [2.24, 2.45) is 5.92 Å². The molecule has 116 valence electrons. The summed E-state index contributed by atoms with van der Waals surface area (Å²) in [7, 11) is 0. The molecule has 0 saturated heterocycles. The molecule has 2 N–H and O–H groups in total. The number of ether oxygens (including phenoxy) is 1. The Labute approximate surface area is 123 Å². The molecule has 0 aliphatic carbocycles. The molecule has 6 heteroatoms. The molecule has 0 saturated carbocycles. The van der Waals surface area contributed by atoms with Crippen molar-refractivity contribution >= 4 is 11.9 Å². The van der Waals surface area contributed by atoms with Crippen molar-refractivity contribution in [2.45, 2.75) is 39.3 Å². The van der Waals surface area contributed by atoms with Crippen LogP contribution in [-0.2, 0) is 9.59 Å². The fraction of sp³-hybridized carbons (Fsp3) is 0.467. The molecular weight excluding hydrogens is 277 g/mol. The van der Waals surface area contributed by atoms with Gasteiger partial charge < -0.3 is 15.2 Å². The summed E-state index contributed by atoms with van der Waals surface area (Å²) in [5, 5.41) is 11.6. The van der Waals surface area contributed by atoms with Crippen LogP contribution in [0.2, 0.25) is 0 Å². The summed E-state index contributed by atoms with van der Waals surface area (Å²) in [5.74, 6) is -1.85. The van der Waals surface area contributed by atoms with E-state index in [1.165, 1.54) is 31.2 Å². The van der Waals surface area contributed by atoms with Gasteiger partial charge in [0.05, 0.1) is 0 Å². The van der Waals surface area contributed by atoms with Gasteiger partial charge in [0.15, 0.2) is 6.10 Å². The third-order valence-corrected chi connectivity index (χ3v) is 3.27. The second-order valence-corrected chi connectivity index (χ2v) is 4.92. The molecule has 0 spiro atoms. The van der Waals surface area contributed by atoms with Crippen molar-refractivity contribution < 1.29 is 23.8 Å². The summed E-state index contributed by atoms with van der Waals surface area (Å²) in [5.41, 5.74) is 0. The minimum atomic E-state index is -1.08. The van der Waals surface area contributed by atoms with Crippen LogP contribution in [0.3, 0.4) is 0 Å². The third-order valence-electron chi connectivity index (χ3n) is 3.27. The first-order valence-electron chi connectivity index (χ1n) is 6.80. The number of benzene rings is 1. The number of carbonyl (C=O) groups excluding carboxylic acids is 1. The number of aliphatic carboxylic acids is 1. The Hall–Kier alpha value is -2.11. The van der Waals surface area contributed by atoms with E-state index in [4.69, 9.17) is 9.84 Å². The second-order valence-electron chi connectivity index (χ2n) is 4.92. The molecule has 21 heavy (non-hydrogen) atoms. The highest BCUT2D eigenvalue weighted by molar-refractivity contribution is 5.86. The van der Waals surface area contributed by atoms with Gasteiger partial charge in [0.2, 0.25) is 0 Å². The molecule has 3 atom stereocenters. The monoisotopic (exact) mass is 297 g/mol. The van der Waals surface area contributed by atoms with Gasteiger partial charge in [0, 0.05) is 0 Å². The van der Waals surface area contributed by atoms with E-state index in [1.54, 1.807) is 6.92 Å². The van der Waals surface area contributed by atoms with Gasteiger partial charge in [-0.3, -0.25) is 4.79 Å². The van der Waals surface area contributed by atoms with Crippen LogP contribution in [0, 0.1) is 11.7 Å². The van der Waals surface area contributed by atoms with Crippen LogP contribution in [0.5, 0.6) is 5.75 Å². The number of nitrogens with one attached hydrogen (secondary N) is 1. The zero-order chi connectivity index (χ0) is 16.0. The van der Waals surface area contributed by atoms with E-state index < -0.39 is 29.8 Å². The number of hydrogen-bond donors (Lipinski definition) is 2. The molecule has 2 unspecified atom stereocenters. The Bertz CT molecular complexity index is 489. The quantitative estimate of drug-likeness (QED) is 0.809. The molecule has 1 aromatic rings. The lowest BCUT2D eigenvalue weighted by Crippen LogP contribution is -2.49. The molecule has 0 radical (unpaired) electrons. The maximum Gasteiger partial charge on any atom is 0.326 e. The number of amides is 1. The van der Waals surface area contributed by atoms with Crippen molar-refractivity contribution in [2.75, 3.05) is 0 Å². The van der Waals surface area contributed by atoms with Gasteiger partial charge in [-0.1, -0.05) is 20.3 Å². The van der Waals surface area contributed by atoms with Gasteiger partial charge in [-0.05, 0) is 37.1 Å². The lowest BCUT2D eigenvalue weighted by Gasteiger charge is -2.22. The maximum absolute atomic E-state index is 12.8. The molecule has 0 aliphatic heterocycles. The molecule has 0 aliphatic rings. The Morgan fingerprint density at radius 2 is 1.86 bits per heavy atom. The van der Waals surface area contributed by atoms with E-state index >= 15 is 0 Å². The fourth-order valence-corrected chi connectivity index (χ4v) is 1.72. The zero-order valence-corrected chi connectivity index (χ0v) is 12.3. The third kappa shape index (κ3) is 5.06. The van der Waals surface area contributed by atoms with Gasteiger partial charge in [-0.25, -0.2) is 9.18 Å². The highest BCUT2D eigenvalue weighted by Crippen LogP contribution is 2.14. The predicted octanol–water partition coefficient (Wildman–Crippen LogP) is 2.21. The van der Waals surface area contributed by atoms with Crippen LogP contribution in [0.1, 0.15) is 27.2 Å². The van der Waals surface area contributed by atoms with E-state index in [0.29, 0.717) is 12.2 Å². The van der Waals surface area contributed by atoms with Gasteiger partial charge in [-0.2, -0.15) is 0 Å². The molecule has 1 aromatic carbocycles. The molecule has 5 nitrogen and oxygen atoms in total. The Morgan fingerprint density at radius 3 is 2.33 bits per heavy atom. The Morgan fingerprint density at radius 1 is 1.29 bits per heavy atom. The van der Waals surface area contributed by atoms with Crippen LogP contribution in [0.15, 0.2) is 24.3 Å². The molecule has 0 bridgehead atoms. The Balaban J connectivity index is 2.64. The number of halogens is 1. The normalized spacial score (nSPS) is 14.9. The van der Waals surface area contributed by atoms with E-state index in [9.17, 15) is 14.0 Å². The average molecular weight is 297 g/mol. The van der Waals surface area contributed by atoms with Gasteiger partial charge >= 0.3 is 5.97 Å². The molecular formula is C15H20FNO4. The molecule has 1 amide bonds.